The summed E-state index contributed by atoms with van der Waals surface area (Å²) in [7, 11) is 0. The molecule has 1 saturated heterocycles. The summed E-state index contributed by atoms with van der Waals surface area (Å²) in [5.74, 6) is 0.929. The molecular formula is C13H21N3S. The third-order valence-electron chi connectivity index (χ3n) is 3.85. The quantitative estimate of drug-likeness (QED) is 0.892. The number of hydrogen-bond acceptors (Lipinski definition) is 4. The van der Waals surface area contributed by atoms with Crippen molar-refractivity contribution in [2.24, 2.45) is 5.92 Å². The van der Waals surface area contributed by atoms with E-state index in [0.29, 0.717) is 0 Å². The average Bonchev–Trinajstić information content (AvgIpc) is 2.96. The van der Waals surface area contributed by atoms with Crippen LogP contribution in [0.4, 0.5) is 0 Å². The van der Waals surface area contributed by atoms with Crippen LogP contribution in [-0.4, -0.2) is 34.6 Å². The fourth-order valence-electron chi connectivity index (χ4n) is 2.81. The molecule has 2 fully saturated rings. The molecule has 17 heavy (non-hydrogen) atoms. The lowest BCUT2D eigenvalue weighted by Crippen LogP contribution is -2.61. The molecule has 1 aliphatic carbocycles. The van der Waals surface area contributed by atoms with Crippen molar-refractivity contribution in [2.45, 2.75) is 44.8 Å². The molecule has 94 valence electrons. The van der Waals surface area contributed by atoms with E-state index in [1.807, 2.05) is 6.20 Å². The number of nitrogens with one attached hydrogen (secondary N) is 1. The Morgan fingerprint density at radius 1 is 1.53 bits per heavy atom. The highest BCUT2D eigenvalue weighted by molar-refractivity contribution is 7.09. The summed E-state index contributed by atoms with van der Waals surface area (Å²) < 4.78 is 0. The number of piperazine rings is 1. The van der Waals surface area contributed by atoms with Crippen molar-refractivity contribution in [3.8, 4) is 0 Å². The fraction of sp³-hybridized carbons (Fsp3) is 0.769. The zero-order valence-corrected chi connectivity index (χ0v) is 11.5. The van der Waals surface area contributed by atoms with Gasteiger partial charge in [0.15, 0.2) is 0 Å². The molecule has 1 N–H and O–H groups in total. The molecule has 3 nitrogen and oxygen atoms in total. The van der Waals surface area contributed by atoms with Crippen LogP contribution >= 0.6 is 11.3 Å². The van der Waals surface area contributed by atoms with Crippen molar-refractivity contribution in [3.05, 3.63) is 16.6 Å². The Balaban J connectivity index is 1.72. The molecule has 0 aromatic carbocycles. The van der Waals surface area contributed by atoms with Gasteiger partial charge >= 0.3 is 0 Å². The van der Waals surface area contributed by atoms with E-state index in [4.69, 9.17) is 0 Å². The standard InChI is InChI=1S/C13H21N3S/c1-13(2)9-16(8-12-14-5-6-17-12)11(7-15-13)10-3-4-10/h5-6,10-11,15H,3-4,7-9H2,1-2H3. The van der Waals surface area contributed by atoms with Gasteiger partial charge in [0.05, 0.1) is 6.54 Å². The minimum atomic E-state index is 0.239. The predicted octanol–water partition coefficient (Wildman–Crippen LogP) is 2.11. The van der Waals surface area contributed by atoms with Gasteiger partial charge in [-0.1, -0.05) is 0 Å². The molecule has 1 aromatic rings. The minimum absolute atomic E-state index is 0.239. The second-order valence-corrected chi connectivity index (χ2v) is 6.98. The lowest BCUT2D eigenvalue weighted by atomic mass is 9.96. The van der Waals surface area contributed by atoms with Crippen LogP contribution in [0.2, 0.25) is 0 Å². The van der Waals surface area contributed by atoms with Crippen LogP contribution in [0.1, 0.15) is 31.7 Å². The first-order valence-corrected chi connectivity index (χ1v) is 7.39. The molecule has 1 saturated carbocycles. The Morgan fingerprint density at radius 3 is 3.00 bits per heavy atom. The lowest BCUT2D eigenvalue weighted by molar-refractivity contribution is 0.0759. The Labute approximate surface area is 107 Å². The predicted molar refractivity (Wildman–Crippen MR) is 71.1 cm³/mol. The molecule has 1 aromatic heterocycles. The van der Waals surface area contributed by atoms with Gasteiger partial charge in [0.25, 0.3) is 0 Å². The number of rotatable bonds is 3. The maximum absolute atomic E-state index is 4.43. The third kappa shape index (κ3) is 2.69. The highest BCUT2D eigenvalue weighted by atomic mass is 32.1. The van der Waals surface area contributed by atoms with Gasteiger partial charge in [0, 0.05) is 36.2 Å². The third-order valence-corrected chi connectivity index (χ3v) is 4.61. The van der Waals surface area contributed by atoms with Crippen LogP contribution in [0.5, 0.6) is 0 Å². The van der Waals surface area contributed by atoms with E-state index in [2.05, 4.69) is 34.4 Å². The minimum Gasteiger partial charge on any atom is -0.309 e. The van der Waals surface area contributed by atoms with E-state index in [9.17, 15) is 0 Å². The van der Waals surface area contributed by atoms with Crippen molar-refractivity contribution in [3.63, 3.8) is 0 Å². The second-order valence-electron chi connectivity index (χ2n) is 6.00. The molecule has 2 aliphatic rings. The molecule has 4 heteroatoms. The number of aromatic nitrogens is 1. The average molecular weight is 251 g/mol. The summed E-state index contributed by atoms with van der Waals surface area (Å²) in [6.45, 7) is 7.90. The van der Waals surface area contributed by atoms with E-state index in [-0.39, 0.29) is 5.54 Å². The summed E-state index contributed by atoms with van der Waals surface area (Å²) >= 11 is 1.78. The Kier molecular flexibility index (Phi) is 2.97. The second kappa shape index (κ2) is 4.34. The zero-order chi connectivity index (χ0) is 11.9. The van der Waals surface area contributed by atoms with E-state index in [1.165, 1.54) is 17.8 Å². The van der Waals surface area contributed by atoms with Crippen molar-refractivity contribution in [2.75, 3.05) is 13.1 Å². The first kappa shape index (κ1) is 11.6. The molecule has 1 unspecified atom stereocenters. The Bertz CT molecular complexity index is 370. The van der Waals surface area contributed by atoms with Crippen LogP contribution < -0.4 is 5.32 Å². The molecular weight excluding hydrogens is 230 g/mol. The van der Waals surface area contributed by atoms with Crippen LogP contribution in [0.3, 0.4) is 0 Å². The van der Waals surface area contributed by atoms with E-state index >= 15 is 0 Å². The number of hydrogen-bond donors (Lipinski definition) is 1. The van der Waals surface area contributed by atoms with Gasteiger partial charge in [-0.15, -0.1) is 11.3 Å². The molecule has 0 spiro atoms. The lowest BCUT2D eigenvalue weighted by Gasteiger charge is -2.44. The largest absolute Gasteiger partial charge is 0.309 e. The summed E-state index contributed by atoms with van der Waals surface area (Å²) in [4.78, 5) is 7.07. The van der Waals surface area contributed by atoms with Gasteiger partial charge in [0.1, 0.15) is 5.01 Å². The topological polar surface area (TPSA) is 28.2 Å². The highest BCUT2D eigenvalue weighted by Crippen LogP contribution is 2.37. The molecule has 1 atom stereocenters. The monoisotopic (exact) mass is 251 g/mol. The molecule has 1 aliphatic heterocycles. The van der Waals surface area contributed by atoms with E-state index in [0.717, 1.165) is 31.6 Å². The van der Waals surface area contributed by atoms with Gasteiger partial charge in [0.2, 0.25) is 0 Å². The van der Waals surface area contributed by atoms with Gasteiger partial charge < -0.3 is 5.32 Å². The number of thiazole rings is 1. The van der Waals surface area contributed by atoms with Crippen molar-refractivity contribution in [1.29, 1.82) is 0 Å². The van der Waals surface area contributed by atoms with E-state index in [1.54, 1.807) is 11.3 Å². The maximum atomic E-state index is 4.43. The summed E-state index contributed by atoms with van der Waals surface area (Å²) in [6, 6.07) is 0.729. The number of nitrogens with zero attached hydrogens (tertiary/aromatic N) is 2. The SMILES string of the molecule is CC1(C)CN(Cc2nccs2)C(C2CC2)CN1. The van der Waals surface area contributed by atoms with Crippen LogP contribution in [-0.2, 0) is 6.54 Å². The van der Waals surface area contributed by atoms with Gasteiger partial charge in [-0.05, 0) is 32.6 Å². The molecule has 0 bridgehead atoms. The van der Waals surface area contributed by atoms with Gasteiger partial charge in [-0.25, -0.2) is 4.98 Å². The summed E-state index contributed by atoms with van der Waals surface area (Å²) in [5.41, 5.74) is 0.239. The van der Waals surface area contributed by atoms with Gasteiger partial charge in [-0.2, -0.15) is 0 Å². The summed E-state index contributed by atoms with van der Waals surface area (Å²) in [5, 5.41) is 7.02. The maximum Gasteiger partial charge on any atom is 0.107 e. The fourth-order valence-corrected chi connectivity index (χ4v) is 3.46. The summed E-state index contributed by atoms with van der Waals surface area (Å²) in [6.07, 6.45) is 4.75. The van der Waals surface area contributed by atoms with Crippen LogP contribution in [0.25, 0.3) is 0 Å². The smallest absolute Gasteiger partial charge is 0.107 e. The van der Waals surface area contributed by atoms with E-state index < -0.39 is 0 Å². The first-order valence-electron chi connectivity index (χ1n) is 6.51. The van der Waals surface area contributed by atoms with Crippen molar-refractivity contribution >= 4 is 11.3 Å². The molecule has 3 rings (SSSR count). The molecule has 0 radical (unpaired) electrons. The molecule has 0 amide bonds. The molecule has 2 heterocycles. The van der Waals surface area contributed by atoms with Crippen molar-refractivity contribution < 1.29 is 0 Å². The van der Waals surface area contributed by atoms with Crippen molar-refractivity contribution in [1.82, 2.24) is 15.2 Å². The van der Waals surface area contributed by atoms with Gasteiger partial charge in [-0.3, -0.25) is 4.90 Å². The first-order chi connectivity index (χ1) is 8.14. The Hall–Kier alpha value is -0.450. The zero-order valence-electron chi connectivity index (χ0n) is 10.6. The van der Waals surface area contributed by atoms with Crippen LogP contribution in [0, 0.1) is 5.92 Å². The highest BCUT2D eigenvalue weighted by Gasteiger charge is 2.40. The van der Waals surface area contributed by atoms with Crippen LogP contribution in [0.15, 0.2) is 11.6 Å². The normalized spacial score (nSPS) is 29.4. The Morgan fingerprint density at radius 2 is 2.35 bits per heavy atom.